The average molecular weight is 432 g/mol. The second kappa shape index (κ2) is 7.73. The Kier molecular flexibility index (Phi) is 5.28. The third-order valence-electron chi connectivity index (χ3n) is 5.43. The van der Waals surface area contributed by atoms with Crippen LogP contribution in [0.2, 0.25) is 10.0 Å². The average Bonchev–Trinajstić information content (AvgIpc) is 2.69. The highest BCUT2D eigenvalue weighted by atomic mass is 35.5. The number of allylic oxidation sites excluding steroid dienone is 2. The molecular weight excluding hydrogens is 413 g/mol. The molecule has 4 rings (SSSR count). The number of carbonyl (C=O) groups excluding carboxylic acids is 2. The van der Waals surface area contributed by atoms with E-state index in [1.165, 1.54) is 13.2 Å². The number of nitrogens with zero attached hydrogens (tertiary/aromatic N) is 1. The molecule has 1 unspecified atom stereocenters. The summed E-state index contributed by atoms with van der Waals surface area (Å²) in [5.74, 6) is -0.173. The third kappa shape index (κ3) is 3.49. The van der Waals surface area contributed by atoms with E-state index in [1.807, 2.05) is 0 Å². The summed E-state index contributed by atoms with van der Waals surface area (Å²) >= 11 is 12.4. The van der Waals surface area contributed by atoms with Crippen LogP contribution in [0, 0.1) is 0 Å². The van der Waals surface area contributed by atoms with Gasteiger partial charge in [-0.25, -0.2) is 0 Å². The maximum Gasteiger partial charge on any atom is 0.232 e. The zero-order valence-electron chi connectivity index (χ0n) is 15.7. The predicted molar refractivity (Wildman–Crippen MR) is 112 cm³/mol. The zero-order valence-corrected chi connectivity index (χ0v) is 17.3. The Morgan fingerprint density at radius 3 is 2.62 bits per heavy atom. The van der Waals surface area contributed by atoms with E-state index in [0.717, 1.165) is 5.56 Å². The Morgan fingerprint density at radius 2 is 1.90 bits per heavy atom. The molecule has 0 bridgehead atoms. The second-order valence-electron chi connectivity index (χ2n) is 7.15. The Hall–Kier alpha value is -2.50. The number of carbonyl (C=O) groups is 2. The van der Waals surface area contributed by atoms with Crippen LogP contribution in [-0.4, -0.2) is 23.9 Å². The first-order valence-electron chi connectivity index (χ1n) is 9.32. The van der Waals surface area contributed by atoms with Gasteiger partial charge in [-0.2, -0.15) is 0 Å². The molecule has 1 heterocycles. The molecule has 2 aromatic rings. The summed E-state index contributed by atoms with van der Waals surface area (Å²) in [5, 5.41) is 10.7. The Bertz CT molecular complexity index is 1050. The minimum atomic E-state index is -0.387. The van der Waals surface area contributed by atoms with Crippen molar-refractivity contribution in [2.45, 2.75) is 31.6 Å². The van der Waals surface area contributed by atoms with Crippen molar-refractivity contribution in [2.75, 3.05) is 12.0 Å². The van der Waals surface area contributed by atoms with Crippen molar-refractivity contribution >= 4 is 40.6 Å². The molecule has 0 aromatic heterocycles. The molecular formula is C22H19Cl2NO4. The van der Waals surface area contributed by atoms with Crippen LogP contribution in [0.15, 0.2) is 47.7 Å². The summed E-state index contributed by atoms with van der Waals surface area (Å²) in [6.45, 7) is 0. The molecule has 2 aliphatic rings. The lowest BCUT2D eigenvalue weighted by Gasteiger charge is -2.38. The minimum Gasteiger partial charge on any atom is -0.504 e. The van der Waals surface area contributed by atoms with Crippen molar-refractivity contribution in [3.8, 4) is 11.5 Å². The number of amides is 1. The van der Waals surface area contributed by atoms with E-state index < -0.39 is 0 Å². The van der Waals surface area contributed by atoms with Gasteiger partial charge in [0.25, 0.3) is 0 Å². The van der Waals surface area contributed by atoms with E-state index in [0.29, 0.717) is 52.0 Å². The first-order chi connectivity index (χ1) is 13.9. The number of rotatable bonds is 3. The van der Waals surface area contributed by atoms with Crippen molar-refractivity contribution in [2.24, 2.45) is 0 Å². The molecule has 5 nitrogen and oxygen atoms in total. The number of hydrogen-bond acceptors (Lipinski definition) is 4. The largest absolute Gasteiger partial charge is 0.504 e. The molecule has 1 atom stereocenters. The monoisotopic (exact) mass is 431 g/mol. The van der Waals surface area contributed by atoms with Gasteiger partial charge in [0, 0.05) is 35.1 Å². The summed E-state index contributed by atoms with van der Waals surface area (Å²) in [7, 11) is 1.46. The van der Waals surface area contributed by atoms with Crippen LogP contribution in [0.3, 0.4) is 0 Å². The second-order valence-corrected chi connectivity index (χ2v) is 7.99. The van der Waals surface area contributed by atoms with Gasteiger partial charge >= 0.3 is 0 Å². The van der Waals surface area contributed by atoms with Gasteiger partial charge in [-0.3, -0.25) is 14.5 Å². The first-order valence-corrected chi connectivity index (χ1v) is 10.1. The highest BCUT2D eigenvalue weighted by Crippen LogP contribution is 2.46. The quantitative estimate of drug-likeness (QED) is 0.721. The summed E-state index contributed by atoms with van der Waals surface area (Å²) < 4.78 is 5.21. The molecule has 1 aliphatic heterocycles. The molecule has 1 amide bonds. The van der Waals surface area contributed by atoms with Gasteiger partial charge in [-0.05, 0) is 48.7 Å². The normalized spacial score (nSPS) is 19.4. The fourth-order valence-electron chi connectivity index (χ4n) is 4.13. The number of phenolic OH excluding ortho intramolecular Hbond substituents is 1. The lowest BCUT2D eigenvalue weighted by Crippen LogP contribution is -2.40. The number of benzene rings is 2. The van der Waals surface area contributed by atoms with E-state index >= 15 is 0 Å². The fraction of sp³-hybridized carbons (Fsp3) is 0.273. The number of ketones is 1. The van der Waals surface area contributed by atoms with Gasteiger partial charge in [0.2, 0.25) is 5.91 Å². The Morgan fingerprint density at radius 1 is 1.10 bits per heavy atom. The van der Waals surface area contributed by atoms with Gasteiger partial charge in [0.15, 0.2) is 17.3 Å². The summed E-state index contributed by atoms with van der Waals surface area (Å²) in [6, 6.07) is 9.91. The maximum atomic E-state index is 13.2. The van der Waals surface area contributed by atoms with E-state index in [-0.39, 0.29) is 29.8 Å². The SMILES string of the molecule is COc1cc(C2CC(=O)N(c3ccc(Cl)cc3Cl)C3=C2C(=O)CCC3)ccc1O. The smallest absolute Gasteiger partial charge is 0.232 e. The van der Waals surface area contributed by atoms with Crippen LogP contribution in [0.4, 0.5) is 5.69 Å². The van der Waals surface area contributed by atoms with Crippen LogP contribution < -0.4 is 9.64 Å². The Balaban J connectivity index is 1.87. The fourth-order valence-corrected chi connectivity index (χ4v) is 4.62. The van der Waals surface area contributed by atoms with Crippen LogP contribution in [0.5, 0.6) is 11.5 Å². The van der Waals surface area contributed by atoms with E-state index in [9.17, 15) is 14.7 Å². The zero-order chi connectivity index (χ0) is 20.7. The number of Topliss-reactive ketones (excluding diaryl/α,β-unsaturated/α-hetero) is 1. The van der Waals surface area contributed by atoms with E-state index in [4.69, 9.17) is 27.9 Å². The molecule has 0 saturated carbocycles. The molecule has 0 spiro atoms. The van der Waals surface area contributed by atoms with Gasteiger partial charge in [-0.15, -0.1) is 0 Å². The van der Waals surface area contributed by atoms with Gasteiger partial charge < -0.3 is 9.84 Å². The third-order valence-corrected chi connectivity index (χ3v) is 5.97. The molecule has 2 aromatic carbocycles. The molecule has 0 fully saturated rings. The van der Waals surface area contributed by atoms with Crippen LogP contribution >= 0.6 is 23.2 Å². The summed E-state index contributed by atoms with van der Waals surface area (Å²) in [6.07, 6.45) is 1.86. The van der Waals surface area contributed by atoms with Gasteiger partial charge in [-0.1, -0.05) is 29.3 Å². The number of hydrogen-bond donors (Lipinski definition) is 1. The minimum absolute atomic E-state index is 0.0112. The van der Waals surface area contributed by atoms with Crippen molar-refractivity contribution in [3.63, 3.8) is 0 Å². The van der Waals surface area contributed by atoms with Crippen LogP contribution in [0.25, 0.3) is 0 Å². The maximum absolute atomic E-state index is 13.2. The number of halogens is 2. The first kappa shape index (κ1) is 19.8. The van der Waals surface area contributed by atoms with Crippen molar-refractivity contribution in [3.05, 3.63) is 63.3 Å². The molecule has 1 N–H and O–H groups in total. The molecule has 0 radical (unpaired) electrons. The lowest BCUT2D eigenvalue weighted by atomic mass is 9.77. The molecule has 1 aliphatic carbocycles. The molecule has 29 heavy (non-hydrogen) atoms. The summed E-state index contributed by atoms with van der Waals surface area (Å²) in [4.78, 5) is 27.7. The summed E-state index contributed by atoms with van der Waals surface area (Å²) in [5.41, 5.74) is 2.62. The standard InChI is InChI=1S/C22H19Cl2NO4/c1-29-20-9-12(5-8-18(20)26)14-11-21(28)25(16-7-6-13(23)10-15(16)24)17-3-2-4-19(27)22(14)17/h5-10,14,26H,2-4,11H2,1H3. The molecule has 7 heteroatoms. The van der Waals surface area contributed by atoms with Gasteiger partial charge in [0.1, 0.15) is 0 Å². The predicted octanol–water partition coefficient (Wildman–Crippen LogP) is 5.24. The van der Waals surface area contributed by atoms with Crippen LogP contribution in [0.1, 0.15) is 37.2 Å². The van der Waals surface area contributed by atoms with Crippen LogP contribution in [-0.2, 0) is 9.59 Å². The Labute approximate surface area is 178 Å². The van der Waals surface area contributed by atoms with E-state index in [1.54, 1.807) is 35.2 Å². The van der Waals surface area contributed by atoms with Crippen molar-refractivity contribution in [1.29, 1.82) is 0 Å². The number of phenols is 1. The van der Waals surface area contributed by atoms with Crippen molar-refractivity contribution in [1.82, 2.24) is 0 Å². The van der Waals surface area contributed by atoms with Crippen molar-refractivity contribution < 1.29 is 19.4 Å². The van der Waals surface area contributed by atoms with E-state index in [2.05, 4.69) is 0 Å². The number of ether oxygens (including phenoxy) is 1. The highest BCUT2D eigenvalue weighted by molar-refractivity contribution is 6.37. The lowest BCUT2D eigenvalue weighted by molar-refractivity contribution is -0.119. The highest BCUT2D eigenvalue weighted by Gasteiger charge is 2.40. The molecule has 150 valence electrons. The molecule has 0 saturated heterocycles. The topological polar surface area (TPSA) is 66.8 Å². The van der Waals surface area contributed by atoms with Gasteiger partial charge in [0.05, 0.1) is 17.8 Å². The number of aromatic hydroxyl groups is 1. The number of methoxy groups -OCH3 is 1. The number of anilines is 1.